The summed E-state index contributed by atoms with van der Waals surface area (Å²) in [5.41, 5.74) is 0.182. The first-order chi connectivity index (χ1) is 7.77. The van der Waals surface area contributed by atoms with Gasteiger partial charge in [-0.25, -0.2) is 0 Å². The van der Waals surface area contributed by atoms with Crippen LogP contribution in [0.1, 0.15) is 44.6 Å². The van der Waals surface area contributed by atoms with E-state index in [-0.39, 0.29) is 5.60 Å². The Hall–Kier alpha value is -0.350. The highest BCUT2D eigenvalue weighted by Gasteiger charge is 2.40. The van der Waals surface area contributed by atoms with Gasteiger partial charge in [0, 0.05) is 12.8 Å². The maximum absolute atomic E-state index is 6.03. The average molecular weight is 285 g/mol. The Bertz CT molecular complexity index is 371. The van der Waals surface area contributed by atoms with E-state index in [4.69, 9.17) is 4.74 Å². The SMILES string of the molecule is Brc1cnn(C2CCOC3(CCCC3)C2)c1. The van der Waals surface area contributed by atoms with Crippen molar-refractivity contribution in [3.8, 4) is 0 Å². The predicted molar refractivity (Wildman–Crippen MR) is 65.3 cm³/mol. The molecule has 1 aromatic rings. The van der Waals surface area contributed by atoms with E-state index in [1.807, 2.05) is 6.20 Å². The third-order valence-corrected chi connectivity index (χ3v) is 4.34. The van der Waals surface area contributed by atoms with E-state index in [0.29, 0.717) is 6.04 Å². The van der Waals surface area contributed by atoms with Gasteiger partial charge in [0.05, 0.1) is 22.3 Å². The number of rotatable bonds is 1. The van der Waals surface area contributed by atoms with E-state index < -0.39 is 0 Å². The lowest BCUT2D eigenvalue weighted by atomic mass is 9.89. The molecule has 1 unspecified atom stereocenters. The zero-order chi connectivity index (χ0) is 11.0. The molecule has 1 saturated heterocycles. The second-order valence-electron chi connectivity index (χ2n) is 5.02. The molecule has 2 fully saturated rings. The highest BCUT2D eigenvalue weighted by atomic mass is 79.9. The van der Waals surface area contributed by atoms with E-state index in [2.05, 4.69) is 31.9 Å². The summed E-state index contributed by atoms with van der Waals surface area (Å²) in [4.78, 5) is 0. The monoisotopic (exact) mass is 284 g/mol. The van der Waals surface area contributed by atoms with Crippen molar-refractivity contribution >= 4 is 15.9 Å². The molecule has 0 radical (unpaired) electrons. The highest BCUT2D eigenvalue weighted by Crippen LogP contribution is 2.43. The molecule has 3 nitrogen and oxygen atoms in total. The molecule has 1 aliphatic heterocycles. The van der Waals surface area contributed by atoms with Gasteiger partial charge in [-0.1, -0.05) is 12.8 Å². The first-order valence-corrected chi connectivity index (χ1v) is 6.90. The van der Waals surface area contributed by atoms with Crippen LogP contribution in [-0.4, -0.2) is 22.0 Å². The Morgan fingerprint density at radius 2 is 2.25 bits per heavy atom. The topological polar surface area (TPSA) is 27.1 Å². The molecular formula is C12H17BrN2O. The van der Waals surface area contributed by atoms with Crippen LogP contribution >= 0.6 is 15.9 Å². The Balaban J connectivity index is 1.77. The molecule has 0 amide bonds. The Morgan fingerprint density at radius 3 is 2.94 bits per heavy atom. The molecule has 1 aliphatic carbocycles. The van der Waals surface area contributed by atoms with Gasteiger partial charge < -0.3 is 4.74 Å². The van der Waals surface area contributed by atoms with Crippen LogP contribution in [0.3, 0.4) is 0 Å². The lowest BCUT2D eigenvalue weighted by molar-refractivity contribution is -0.0910. The Kier molecular flexibility index (Phi) is 2.80. The lowest BCUT2D eigenvalue weighted by Crippen LogP contribution is -2.38. The van der Waals surface area contributed by atoms with Crippen molar-refractivity contribution in [1.82, 2.24) is 9.78 Å². The number of hydrogen-bond donors (Lipinski definition) is 0. The van der Waals surface area contributed by atoms with Gasteiger partial charge in [0.15, 0.2) is 0 Å². The van der Waals surface area contributed by atoms with Gasteiger partial charge in [-0.05, 0) is 41.6 Å². The van der Waals surface area contributed by atoms with Crippen molar-refractivity contribution in [3.63, 3.8) is 0 Å². The van der Waals surface area contributed by atoms with Gasteiger partial charge in [-0.2, -0.15) is 5.10 Å². The molecule has 1 spiro atoms. The lowest BCUT2D eigenvalue weighted by Gasteiger charge is -2.38. The highest BCUT2D eigenvalue weighted by molar-refractivity contribution is 9.10. The van der Waals surface area contributed by atoms with Crippen LogP contribution in [0, 0.1) is 0 Å². The summed E-state index contributed by atoms with van der Waals surface area (Å²) >= 11 is 3.46. The number of hydrogen-bond acceptors (Lipinski definition) is 2. The van der Waals surface area contributed by atoms with Crippen molar-refractivity contribution in [1.29, 1.82) is 0 Å². The minimum absolute atomic E-state index is 0.182. The molecule has 4 heteroatoms. The minimum atomic E-state index is 0.182. The van der Waals surface area contributed by atoms with Gasteiger partial charge in [0.1, 0.15) is 0 Å². The number of halogens is 1. The molecule has 1 atom stereocenters. The molecular weight excluding hydrogens is 268 g/mol. The second-order valence-corrected chi connectivity index (χ2v) is 5.94. The summed E-state index contributed by atoms with van der Waals surface area (Å²) in [6.45, 7) is 0.891. The Morgan fingerprint density at radius 1 is 1.44 bits per heavy atom. The molecule has 88 valence electrons. The summed E-state index contributed by atoms with van der Waals surface area (Å²) in [5.74, 6) is 0. The number of ether oxygens (including phenoxy) is 1. The van der Waals surface area contributed by atoms with Crippen LogP contribution in [0.15, 0.2) is 16.9 Å². The van der Waals surface area contributed by atoms with E-state index in [1.54, 1.807) is 0 Å². The fraction of sp³-hybridized carbons (Fsp3) is 0.750. The van der Waals surface area contributed by atoms with Crippen LogP contribution in [0.25, 0.3) is 0 Å². The smallest absolute Gasteiger partial charge is 0.0703 e. The summed E-state index contributed by atoms with van der Waals surface area (Å²) in [6.07, 6.45) is 11.3. The molecule has 0 bridgehead atoms. The average Bonchev–Trinajstić information content (AvgIpc) is 2.89. The fourth-order valence-corrected chi connectivity index (χ4v) is 3.41. The summed E-state index contributed by atoms with van der Waals surface area (Å²) in [6, 6.07) is 0.526. The van der Waals surface area contributed by atoms with E-state index in [9.17, 15) is 0 Å². The summed E-state index contributed by atoms with van der Waals surface area (Å²) in [7, 11) is 0. The van der Waals surface area contributed by atoms with Crippen LogP contribution in [0.4, 0.5) is 0 Å². The zero-order valence-corrected chi connectivity index (χ0v) is 10.9. The molecule has 16 heavy (non-hydrogen) atoms. The normalized spacial score (nSPS) is 28.7. The van der Waals surface area contributed by atoms with E-state index in [1.165, 1.54) is 25.7 Å². The van der Waals surface area contributed by atoms with Gasteiger partial charge >= 0.3 is 0 Å². The van der Waals surface area contributed by atoms with Crippen molar-refractivity contribution < 1.29 is 4.74 Å². The molecule has 2 heterocycles. The predicted octanol–water partition coefficient (Wildman–Crippen LogP) is 3.31. The minimum Gasteiger partial charge on any atom is -0.375 e. The molecule has 0 N–H and O–H groups in total. The molecule has 2 aliphatic rings. The molecule has 3 rings (SSSR count). The van der Waals surface area contributed by atoms with Crippen molar-refractivity contribution in [2.75, 3.05) is 6.61 Å². The molecule has 1 saturated carbocycles. The van der Waals surface area contributed by atoms with Crippen LogP contribution < -0.4 is 0 Å². The van der Waals surface area contributed by atoms with Gasteiger partial charge in [-0.15, -0.1) is 0 Å². The van der Waals surface area contributed by atoms with Gasteiger partial charge in [0.2, 0.25) is 0 Å². The second kappa shape index (κ2) is 4.15. The van der Waals surface area contributed by atoms with Gasteiger partial charge in [-0.3, -0.25) is 4.68 Å². The van der Waals surface area contributed by atoms with Crippen molar-refractivity contribution in [2.24, 2.45) is 0 Å². The zero-order valence-electron chi connectivity index (χ0n) is 9.36. The maximum Gasteiger partial charge on any atom is 0.0703 e. The van der Waals surface area contributed by atoms with E-state index >= 15 is 0 Å². The number of aromatic nitrogens is 2. The summed E-state index contributed by atoms with van der Waals surface area (Å²) in [5, 5.41) is 4.41. The van der Waals surface area contributed by atoms with Crippen LogP contribution in [-0.2, 0) is 4.74 Å². The van der Waals surface area contributed by atoms with Gasteiger partial charge in [0.25, 0.3) is 0 Å². The number of nitrogens with zero attached hydrogens (tertiary/aromatic N) is 2. The Labute approximate surface area is 104 Å². The molecule has 0 aromatic carbocycles. The quantitative estimate of drug-likeness (QED) is 0.791. The standard InChI is InChI=1S/C12H17BrN2O/c13-10-8-14-15(9-10)11-3-6-16-12(7-11)4-1-2-5-12/h8-9,11H,1-7H2. The summed E-state index contributed by atoms with van der Waals surface area (Å²) < 4.78 is 9.20. The maximum atomic E-state index is 6.03. The van der Waals surface area contributed by atoms with Crippen LogP contribution in [0.2, 0.25) is 0 Å². The third-order valence-electron chi connectivity index (χ3n) is 3.93. The third kappa shape index (κ3) is 1.93. The molecule has 1 aromatic heterocycles. The van der Waals surface area contributed by atoms with Crippen molar-refractivity contribution in [3.05, 3.63) is 16.9 Å². The first kappa shape index (κ1) is 10.8. The van der Waals surface area contributed by atoms with Crippen LogP contribution in [0.5, 0.6) is 0 Å². The van der Waals surface area contributed by atoms with E-state index in [0.717, 1.165) is 23.9 Å². The fourth-order valence-electron chi connectivity index (χ4n) is 3.11. The van der Waals surface area contributed by atoms with Crippen molar-refractivity contribution in [2.45, 2.75) is 50.2 Å². The largest absolute Gasteiger partial charge is 0.375 e. The first-order valence-electron chi connectivity index (χ1n) is 6.11.